The quantitative estimate of drug-likeness (QED) is 0.254. The fraction of sp³-hybridized carbons (Fsp3) is 0.310. The van der Waals surface area contributed by atoms with Gasteiger partial charge in [-0.1, -0.05) is 82.5 Å². The second-order valence-electron chi connectivity index (χ2n) is 9.53. The Bertz CT molecular complexity index is 1420. The van der Waals surface area contributed by atoms with Crippen LogP contribution in [0.2, 0.25) is 10.0 Å². The zero-order chi connectivity index (χ0) is 29.4. The monoisotopic (exact) mass is 667 g/mol. The molecule has 1 N–H and O–H groups in total. The Labute approximate surface area is 254 Å². The molecule has 2 amide bonds. The van der Waals surface area contributed by atoms with Crippen LogP contribution in [-0.4, -0.2) is 50.0 Å². The SMILES string of the molecule is CC[C@H](C)NC(=O)[C@@H](Cc1ccccc1)N(Cc1ccc(Cl)cc1Cl)C(=O)CN(c1ccc(Br)cc1)S(C)(=O)=O. The minimum absolute atomic E-state index is 0.0296. The Balaban J connectivity index is 2.08. The van der Waals surface area contributed by atoms with Gasteiger partial charge < -0.3 is 10.2 Å². The highest BCUT2D eigenvalue weighted by Gasteiger charge is 2.33. The molecule has 40 heavy (non-hydrogen) atoms. The van der Waals surface area contributed by atoms with Crippen molar-refractivity contribution in [3.63, 3.8) is 0 Å². The van der Waals surface area contributed by atoms with E-state index in [0.29, 0.717) is 27.7 Å². The number of hydrogen-bond acceptors (Lipinski definition) is 4. The molecule has 3 rings (SSSR count). The molecular weight excluding hydrogens is 637 g/mol. The highest BCUT2D eigenvalue weighted by Crippen LogP contribution is 2.26. The van der Waals surface area contributed by atoms with Gasteiger partial charge in [-0.2, -0.15) is 0 Å². The van der Waals surface area contributed by atoms with E-state index in [4.69, 9.17) is 23.2 Å². The molecule has 3 aromatic rings. The molecule has 11 heteroatoms. The minimum atomic E-state index is -3.85. The van der Waals surface area contributed by atoms with Crippen LogP contribution in [0, 0.1) is 0 Å². The van der Waals surface area contributed by atoms with E-state index >= 15 is 0 Å². The molecule has 0 spiro atoms. The summed E-state index contributed by atoms with van der Waals surface area (Å²) in [5.41, 5.74) is 1.75. The molecule has 7 nitrogen and oxygen atoms in total. The topological polar surface area (TPSA) is 86.8 Å². The first kappa shape index (κ1) is 31.9. The number of hydrogen-bond donors (Lipinski definition) is 1. The van der Waals surface area contributed by atoms with Gasteiger partial charge in [-0.05, 0) is 60.9 Å². The van der Waals surface area contributed by atoms with Gasteiger partial charge in [0.05, 0.1) is 11.9 Å². The van der Waals surface area contributed by atoms with Crippen molar-refractivity contribution in [2.45, 2.75) is 45.3 Å². The number of halogens is 3. The molecule has 0 saturated carbocycles. The largest absolute Gasteiger partial charge is 0.352 e. The Kier molecular flexibility index (Phi) is 11.5. The van der Waals surface area contributed by atoms with Crippen molar-refractivity contribution in [1.82, 2.24) is 10.2 Å². The fourth-order valence-corrected chi connectivity index (χ4v) is 5.63. The molecule has 0 saturated heterocycles. The predicted molar refractivity (Wildman–Crippen MR) is 165 cm³/mol. The maximum atomic E-state index is 14.1. The van der Waals surface area contributed by atoms with Crippen molar-refractivity contribution in [3.05, 3.63) is 98.4 Å². The van der Waals surface area contributed by atoms with E-state index in [-0.39, 0.29) is 24.9 Å². The van der Waals surface area contributed by atoms with Crippen LogP contribution in [0.25, 0.3) is 0 Å². The number of nitrogens with zero attached hydrogens (tertiary/aromatic N) is 2. The second-order valence-corrected chi connectivity index (χ2v) is 13.2. The minimum Gasteiger partial charge on any atom is -0.352 e. The van der Waals surface area contributed by atoms with Gasteiger partial charge in [0, 0.05) is 33.5 Å². The second kappa shape index (κ2) is 14.3. The standard InChI is InChI=1S/C29H32BrCl2N3O4S/c1-4-20(2)33-29(37)27(16-21-8-6-5-7-9-21)34(18-22-10-13-24(31)17-26(22)32)28(36)19-35(40(3,38)39)25-14-11-23(30)12-15-25/h5-15,17,20,27H,4,16,18-19H2,1-3H3,(H,33,37)/t20-,27+/m0/s1. The summed E-state index contributed by atoms with van der Waals surface area (Å²) >= 11 is 15.9. The molecule has 214 valence electrons. The van der Waals surface area contributed by atoms with Crippen LogP contribution in [-0.2, 0) is 32.6 Å². The number of rotatable bonds is 12. The highest BCUT2D eigenvalue weighted by atomic mass is 79.9. The summed E-state index contributed by atoms with van der Waals surface area (Å²) in [6.45, 7) is 3.31. The lowest BCUT2D eigenvalue weighted by atomic mass is 10.0. The van der Waals surface area contributed by atoms with Crippen molar-refractivity contribution >= 4 is 66.7 Å². The van der Waals surface area contributed by atoms with Crippen LogP contribution in [0.3, 0.4) is 0 Å². The van der Waals surface area contributed by atoms with Crippen LogP contribution < -0.4 is 9.62 Å². The molecule has 2 atom stereocenters. The van der Waals surface area contributed by atoms with Gasteiger partial charge in [0.15, 0.2) is 0 Å². The average Bonchev–Trinajstić information content (AvgIpc) is 2.90. The van der Waals surface area contributed by atoms with Crippen molar-refractivity contribution in [2.75, 3.05) is 17.1 Å². The van der Waals surface area contributed by atoms with Crippen LogP contribution in [0.1, 0.15) is 31.4 Å². The summed E-state index contributed by atoms with van der Waals surface area (Å²) in [5, 5.41) is 3.76. The molecule has 0 unspecified atom stereocenters. The Hall–Kier alpha value is -2.59. The van der Waals surface area contributed by atoms with Gasteiger partial charge in [0.2, 0.25) is 21.8 Å². The number of nitrogens with one attached hydrogen (secondary N) is 1. The van der Waals surface area contributed by atoms with E-state index in [1.54, 1.807) is 42.5 Å². The van der Waals surface area contributed by atoms with Crippen molar-refractivity contribution in [3.8, 4) is 0 Å². The summed E-state index contributed by atoms with van der Waals surface area (Å²) in [6.07, 6.45) is 1.96. The third-order valence-corrected chi connectivity index (χ3v) is 8.68. The van der Waals surface area contributed by atoms with Gasteiger partial charge in [-0.3, -0.25) is 13.9 Å². The Morgan fingerprint density at radius 2 is 1.65 bits per heavy atom. The summed E-state index contributed by atoms with van der Waals surface area (Å²) in [6, 6.07) is 19.8. The third-order valence-electron chi connectivity index (χ3n) is 6.42. The van der Waals surface area contributed by atoms with Crippen LogP contribution in [0.5, 0.6) is 0 Å². The zero-order valence-corrected chi connectivity index (χ0v) is 26.4. The molecule has 0 aliphatic heterocycles. The molecule has 0 aliphatic carbocycles. The third kappa shape index (κ3) is 8.96. The number of amides is 2. The number of benzene rings is 3. The Morgan fingerprint density at radius 3 is 2.23 bits per heavy atom. The van der Waals surface area contributed by atoms with Crippen LogP contribution in [0.4, 0.5) is 5.69 Å². The summed E-state index contributed by atoms with van der Waals surface area (Å²) in [4.78, 5) is 29.2. The highest BCUT2D eigenvalue weighted by molar-refractivity contribution is 9.10. The summed E-state index contributed by atoms with van der Waals surface area (Å²) in [7, 11) is -3.85. The Morgan fingerprint density at radius 1 is 1.00 bits per heavy atom. The molecule has 0 aromatic heterocycles. The van der Waals surface area contributed by atoms with Crippen LogP contribution in [0.15, 0.2) is 77.3 Å². The van der Waals surface area contributed by atoms with Gasteiger partial charge in [-0.15, -0.1) is 0 Å². The zero-order valence-electron chi connectivity index (χ0n) is 22.5. The lowest BCUT2D eigenvalue weighted by Crippen LogP contribution is -2.54. The van der Waals surface area contributed by atoms with E-state index in [2.05, 4.69) is 21.2 Å². The number of carbonyl (C=O) groups is 2. The number of carbonyl (C=O) groups excluding carboxylic acids is 2. The van der Waals surface area contributed by atoms with Gasteiger partial charge in [-0.25, -0.2) is 8.42 Å². The molecule has 0 bridgehead atoms. The first-order valence-corrected chi connectivity index (χ1v) is 16.1. The van der Waals surface area contributed by atoms with E-state index in [1.165, 1.54) is 4.90 Å². The van der Waals surface area contributed by atoms with Crippen molar-refractivity contribution < 1.29 is 18.0 Å². The normalized spacial score (nSPS) is 12.8. The predicted octanol–water partition coefficient (Wildman–Crippen LogP) is 6.08. The summed E-state index contributed by atoms with van der Waals surface area (Å²) in [5.74, 6) is -0.897. The van der Waals surface area contributed by atoms with Gasteiger partial charge in [0.1, 0.15) is 12.6 Å². The molecular formula is C29H32BrCl2N3O4S. The van der Waals surface area contributed by atoms with Gasteiger partial charge >= 0.3 is 0 Å². The maximum absolute atomic E-state index is 14.1. The molecule has 0 aliphatic rings. The lowest BCUT2D eigenvalue weighted by molar-refractivity contribution is -0.140. The van der Waals surface area contributed by atoms with E-state index in [1.807, 2.05) is 44.2 Å². The lowest BCUT2D eigenvalue weighted by Gasteiger charge is -2.34. The van der Waals surface area contributed by atoms with E-state index < -0.39 is 28.5 Å². The first-order valence-electron chi connectivity index (χ1n) is 12.7. The molecule has 0 heterocycles. The van der Waals surface area contributed by atoms with E-state index in [9.17, 15) is 18.0 Å². The summed E-state index contributed by atoms with van der Waals surface area (Å²) < 4.78 is 27.5. The first-order chi connectivity index (χ1) is 18.9. The average molecular weight is 669 g/mol. The number of sulfonamides is 1. The smallest absolute Gasteiger partial charge is 0.244 e. The van der Waals surface area contributed by atoms with Gasteiger partial charge in [0.25, 0.3) is 0 Å². The molecule has 3 aromatic carbocycles. The van der Waals surface area contributed by atoms with E-state index in [0.717, 1.165) is 20.6 Å². The fourth-order valence-electron chi connectivity index (χ4n) is 4.05. The molecule has 0 fully saturated rings. The van der Waals surface area contributed by atoms with Crippen LogP contribution >= 0.6 is 39.1 Å². The van der Waals surface area contributed by atoms with Crippen molar-refractivity contribution in [2.24, 2.45) is 0 Å². The maximum Gasteiger partial charge on any atom is 0.244 e. The molecule has 0 radical (unpaired) electrons. The van der Waals surface area contributed by atoms with Crippen molar-refractivity contribution in [1.29, 1.82) is 0 Å². The number of anilines is 1.